The van der Waals surface area contributed by atoms with Crippen LogP contribution >= 0.6 is 11.6 Å². The molecule has 0 saturated carbocycles. The molecule has 1 aromatic heterocycles. The van der Waals surface area contributed by atoms with Gasteiger partial charge < -0.3 is 4.90 Å². The maximum Gasteiger partial charge on any atom is 0.316 e. The van der Waals surface area contributed by atoms with Crippen molar-refractivity contribution < 1.29 is 4.79 Å². The van der Waals surface area contributed by atoms with Gasteiger partial charge in [0.25, 0.3) is 0 Å². The molecular formula is C10H11ClN2O. The molecule has 74 valence electrons. The van der Waals surface area contributed by atoms with Gasteiger partial charge in [-0.15, -0.1) is 0 Å². The molecule has 0 bridgehead atoms. The van der Waals surface area contributed by atoms with Gasteiger partial charge in [-0.1, -0.05) is 6.07 Å². The highest BCUT2D eigenvalue weighted by atomic mass is 35.5. The molecule has 1 unspecified atom stereocenters. The number of likely N-dealkylation sites (tertiary alicyclic amines) is 1. The fraction of sp³-hybridized carbons (Fsp3) is 0.400. The Balaban J connectivity index is 2.06. The third-order valence-corrected chi connectivity index (χ3v) is 2.78. The fourth-order valence-electron chi connectivity index (χ4n) is 1.78. The summed E-state index contributed by atoms with van der Waals surface area (Å²) in [7, 11) is 0. The summed E-state index contributed by atoms with van der Waals surface area (Å²) in [5.41, 5.74) is 1.05. The average molecular weight is 211 g/mol. The zero-order valence-corrected chi connectivity index (χ0v) is 8.44. The zero-order valence-electron chi connectivity index (χ0n) is 7.69. The van der Waals surface area contributed by atoms with E-state index in [2.05, 4.69) is 4.98 Å². The molecule has 1 aliphatic heterocycles. The molecule has 0 aromatic carbocycles. The topological polar surface area (TPSA) is 33.2 Å². The second kappa shape index (κ2) is 3.96. The van der Waals surface area contributed by atoms with Gasteiger partial charge in [-0.25, -0.2) is 0 Å². The lowest BCUT2D eigenvalue weighted by Crippen LogP contribution is -2.22. The molecule has 1 fully saturated rings. The second-order valence-corrected chi connectivity index (χ2v) is 3.76. The van der Waals surface area contributed by atoms with Gasteiger partial charge in [0.2, 0.25) is 0 Å². The molecular weight excluding hydrogens is 200 g/mol. The van der Waals surface area contributed by atoms with E-state index in [0.717, 1.165) is 18.7 Å². The van der Waals surface area contributed by atoms with Crippen molar-refractivity contribution in [2.24, 2.45) is 0 Å². The van der Waals surface area contributed by atoms with Crippen LogP contribution in [0.25, 0.3) is 0 Å². The molecule has 0 N–H and O–H groups in total. The summed E-state index contributed by atoms with van der Waals surface area (Å²) in [4.78, 5) is 16.8. The number of hydrogen-bond acceptors (Lipinski definition) is 2. The number of carbonyl (C=O) groups is 1. The Kier molecular flexibility index (Phi) is 2.68. The van der Waals surface area contributed by atoms with E-state index in [1.165, 1.54) is 0 Å². The minimum Gasteiger partial charge on any atom is -0.329 e. The first-order valence-electron chi connectivity index (χ1n) is 4.62. The van der Waals surface area contributed by atoms with Crippen LogP contribution < -0.4 is 0 Å². The lowest BCUT2D eigenvalue weighted by atomic mass is 10.0. The van der Waals surface area contributed by atoms with Gasteiger partial charge in [0.05, 0.1) is 0 Å². The number of halogens is 1. The maximum atomic E-state index is 10.9. The van der Waals surface area contributed by atoms with Crippen molar-refractivity contribution in [3.63, 3.8) is 0 Å². The van der Waals surface area contributed by atoms with Crippen LogP contribution in [-0.4, -0.2) is 28.3 Å². The van der Waals surface area contributed by atoms with Gasteiger partial charge in [0.1, 0.15) is 0 Å². The Morgan fingerprint density at radius 1 is 1.57 bits per heavy atom. The van der Waals surface area contributed by atoms with Crippen LogP contribution in [0.2, 0.25) is 0 Å². The standard InChI is InChI=1S/C10H11ClN2O/c11-10(14)13-6-4-8(7-13)9-3-1-2-5-12-9/h1-3,5,8H,4,6-7H2. The van der Waals surface area contributed by atoms with Crippen LogP contribution in [0.4, 0.5) is 4.79 Å². The van der Waals surface area contributed by atoms with Gasteiger partial charge in [-0.05, 0) is 30.2 Å². The normalized spacial score (nSPS) is 21.2. The fourth-order valence-corrected chi connectivity index (χ4v) is 1.93. The molecule has 1 saturated heterocycles. The van der Waals surface area contributed by atoms with E-state index in [0.29, 0.717) is 12.5 Å². The Labute approximate surface area is 87.7 Å². The molecule has 4 heteroatoms. The quantitative estimate of drug-likeness (QED) is 0.526. The molecule has 2 heterocycles. The lowest BCUT2D eigenvalue weighted by molar-refractivity contribution is 0.231. The molecule has 2 rings (SSSR count). The van der Waals surface area contributed by atoms with E-state index in [1.807, 2.05) is 18.2 Å². The van der Waals surface area contributed by atoms with Crippen molar-refractivity contribution in [2.75, 3.05) is 13.1 Å². The summed E-state index contributed by atoms with van der Waals surface area (Å²) in [5.74, 6) is 0.346. The van der Waals surface area contributed by atoms with Gasteiger partial charge in [0, 0.05) is 30.9 Å². The first-order valence-corrected chi connectivity index (χ1v) is 5.00. The van der Waals surface area contributed by atoms with Crippen LogP contribution in [0.3, 0.4) is 0 Å². The molecule has 1 aliphatic rings. The summed E-state index contributed by atoms with van der Waals surface area (Å²) in [6.45, 7) is 1.43. The van der Waals surface area contributed by atoms with Gasteiger partial charge in [-0.2, -0.15) is 0 Å². The predicted octanol–water partition coefficient (Wildman–Crippen LogP) is 2.23. The van der Waals surface area contributed by atoms with Crippen molar-refractivity contribution in [1.82, 2.24) is 9.88 Å². The smallest absolute Gasteiger partial charge is 0.316 e. The van der Waals surface area contributed by atoms with E-state index < -0.39 is 0 Å². The van der Waals surface area contributed by atoms with Crippen LogP contribution in [0.1, 0.15) is 18.0 Å². The Hall–Kier alpha value is -1.09. The highest BCUT2D eigenvalue weighted by Gasteiger charge is 2.26. The first-order chi connectivity index (χ1) is 6.77. The minimum atomic E-state index is -0.358. The first kappa shape index (κ1) is 9.46. The predicted molar refractivity (Wildman–Crippen MR) is 54.4 cm³/mol. The molecule has 1 atom stereocenters. The molecule has 3 nitrogen and oxygen atoms in total. The van der Waals surface area contributed by atoms with Gasteiger partial charge in [0.15, 0.2) is 0 Å². The third kappa shape index (κ3) is 1.87. The Morgan fingerprint density at radius 3 is 3.00 bits per heavy atom. The summed E-state index contributed by atoms with van der Waals surface area (Å²) >= 11 is 5.40. The zero-order chi connectivity index (χ0) is 9.97. The van der Waals surface area contributed by atoms with Crippen molar-refractivity contribution in [2.45, 2.75) is 12.3 Å². The van der Waals surface area contributed by atoms with Crippen LogP contribution in [0.15, 0.2) is 24.4 Å². The number of hydrogen-bond donors (Lipinski definition) is 0. The lowest BCUT2D eigenvalue weighted by Gasteiger charge is -2.11. The van der Waals surface area contributed by atoms with E-state index in [9.17, 15) is 4.79 Å². The maximum absolute atomic E-state index is 10.9. The minimum absolute atomic E-state index is 0.346. The SMILES string of the molecule is O=C(Cl)N1CCC(c2ccccn2)C1. The van der Waals surface area contributed by atoms with E-state index >= 15 is 0 Å². The Morgan fingerprint density at radius 2 is 2.43 bits per heavy atom. The average Bonchev–Trinajstić information content (AvgIpc) is 2.68. The molecule has 0 radical (unpaired) electrons. The summed E-state index contributed by atoms with van der Waals surface area (Å²) in [6, 6.07) is 5.85. The third-order valence-electron chi connectivity index (χ3n) is 2.54. The summed E-state index contributed by atoms with van der Waals surface area (Å²) in [5, 5.41) is -0.358. The van der Waals surface area contributed by atoms with E-state index in [-0.39, 0.29) is 5.37 Å². The molecule has 0 spiro atoms. The summed E-state index contributed by atoms with van der Waals surface area (Å²) in [6.07, 6.45) is 2.73. The van der Waals surface area contributed by atoms with E-state index in [4.69, 9.17) is 11.6 Å². The largest absolute Gasteiger partial charge is 0.329 e. The molecule has 0 aliphatic carbocycles. The number of amides is 1. The summed E-state index contributed by atoms with van der Waals surface area (Å²) < 4.78 is 0. The van der Waals surface area contributed by atoms with E-state index in [1.54, 1.807) is 11.1 Å². The van der Waals surface area contributed by atoms with Crippen LogP contribution in [0, 0.1) is 0 Å². The van der Waals surface area contributed by atoms with Crippen LogP contribution in [-0.2, 0) is 0 Å². The highest BCUT2D eigenvalue weighted by molar-refractivity contribution is 6.62. The Bertz CT molecular complexity index is 328. The molecule has 1 amide bonds. The number of aromatic nitrogens is 1. The van der Waals surface area contributed by atoms with Crippen molar-refractivity contribution >= 4 is 17.0 Å². The second-order valence-electron chi connectivity index (χ2n) is 3.44. The number of rotatable bonds is 1. The van der Waals surface area contributed by atoms with Crippen molar-refractivity contribution in [3.8, 4) is 0 Å². The van der Waals surface area contributed by atoms with Crippen LogP contribution in [0.5, 0.6) is 0 Å². The molecule has 14 heavy (non-hydrogen) atoms. The van der Waals surface area contributed by atoms with Crippen molar-refractivity contribution in [3.05, 3.63) is 30.1 Å². The monoisotopic (exact) mass is 210 g/mol. The number of nitrogens with zero attached hydrogens (tertiary/aromatic N) is 2. The molecule has 1 aromatic rings. The van der Waals surface area contributed by atoms with Gasteiger partial charge >= 0.3 is 5.37 Å². The highest BCUT2D eigenvalue weighted by Crippen LogP contribution is 2.25. The van der Waals surface area contributed by atoms with Crippen molar-refractivity contribution in [1.29, 1.82) is 0 Å². The van der Waals surface area contributed by atoms with Gasteiger partial charge in [-0.3, -0.25) is 9.78 Å². The number of carbonyl (C=O) groups excluding carboxylic acids is 1. The number of pyridine rings is 1.